The zero-order valence-electron chi connectivity index (χ0n) is 84.7. The molecule has 0 atom stereocenters. The Bertz CT molecular complexity index is 9700. The second-order valence-electron chi connectivity index (χ2n) is 40.5. The lowest BCUT2D eigenvalue weighted by Crippen LogP contribution is -2.15. The van der Waals surface area contributed by atoms with E-state index in [2.05, 4.69) is 491 Å². The monoisotopic (exact) mass is 1900 g/mol. The van der Waals surface area contributed by atoms with Crippen molar-refractivity contribution in [3.05, 3.63) is 479 Å². The molecule has 4 heterocycles. The quantitative estimate of drug-likeness (QED) is 0.0887. The Balaban J connectivity index is 0.000000146. The second kappa shape index (κ2) is 34.8. The molecule has 28 aromatic rings. The average Bonchev–Trinajstić information content (AvgIpc) is 1.13. The number of para-hydroxylation sites is 10. The molecule has 0 saturated heterocycles. The van der Waals surface area contributed by atoms with Crippen molar-refractivity contribution in [2.24, 2.45) is 0 Å². The fraction of sp³-hybridized carbons (Fsp3) is 0.0857. The van der Waals surface area contributed by atoms with Crippen molar-refractivity contribution in [3.8, 4) is 44.5 Å². The van der Waals surface area contributed by atoms with Crippen molar-refractivity contribution in [2.45, 2.75) is 83.1 Å². The minimum absolute atomic E-state index is 0.899. The van der Waals surface area contributed by atoms with Crippen LogP contribution in [0.3, 0.4) is 0 Å². The van der Waals surface area contributed by atoms with E-state index in [1.54, 1.807) is 0 Å². The van der Waals surface area contributed by atoms with Crippen LogP contribution < -0.4 is 19.6 Å². The standard InChI is InChI=1S/2C70H52N2O2/c1-41-21-31-49(32-22-41)71(67-43(3)25-35-51(45(67)5)55-15-11-17-57-53-13-7-9-19-63(53)73-69(55)57)61-39-29-47-28-38-60-62(40-30-48-27-37-59(61)65(47)66(48)60)72(50-33-23-42(2)24-34-50)68-44(4)26-36-52(46(68)6)56-16-12-18-58-54-14-8-10-20-64(54)74-70(56)58;1-41-39-59(55-27-17-25-53-51-23-13-15-29-63(51)73-69(53)55)45(5)67(43(41)3)71(49-19-9-7-10-20-49)61-37-33-47-32-36-58-62(38-34-48-31-35-57(61)65(47)66(48)58)72(50-21-11-8-12-22-50)68-44(4)42(2)40-60(46(68)6)56-28-18-26-54-52-24-14-16-30-64(52)74-70(54)56/h2*7-40H,1-6H3. The van der Waals surface area contributed by atoms with Crippen molar-refractivity contribution in [1.29, 1.82) is 0 Å². The fourth-order valence-corrected chi connectivity index (χ4v) is 24.5. The fourth-order valence-electron chi connectivity index (χ4n) is 24.5. The van der Waals surface area contributed by atoms with Crippen LogP contribution in [0, 0.1) is 83.1 Å². The normalized spacial score (nSPS) is 11.9. The summed E-state index contributed by atoms with van der Waals surface area (Å²) in [6.07, 6.45) is 0. The van der Waals surface area contributed by atoms with Gasteiger partial charge >= 0.3 is 0 Å². The maximum atomic E-state index is 6.69. The Morgan fingerprint density at radius 3 is 0.696 bits per heavy atom. The minimum Gasteiger partial charge on any atom is -0.455 e. The van der Waals surface area contributed by atoms with Gasteiger partial charge in [0.2, 0.25) is 0 Å². The van der Waals surface area contributed by atoms with Crippen molar-refractivity contribution >= 4 is 221 Å². The zero-order chi connectivity index (χ0) is 99.9. The molecule has 0 aliphatic carbocycles. The molecule has 8 nitrogen and oxygen atoms in total. The van der Waals surface area contributed by atoms with Gasteiger partial charge in [-0.05, 0) is 301 Å². The van der Waals surface area contributed by atoms with Gasteiger partial charge in [0.15, 0.2) is 0 Å². The van der Waals surface area contributed by atoms with Crippen molar-refractivity contribution in [1.82, 2.24) is 0 Å². The maximum Gasteiger partial charge on any atom is 0.143 e. The van der Waals surface area contributed by atoms with Crippen LogP contribution in [0.5, 0.6) is 0 Å². The van der Waals surface area contributed by atoms with Crippen LogP contribution in [0.1, 0.15) is 66.8 Å². The topological polar surface area (TPSA) is 65.5 Å². The van der Waals surface area contributed by atoms with E-state index in [-0.39, 0.29) is 0 Å². The predicted molar refractivity (Wildman–Crippen MR) is 627 cm³/mol. The van der Waals surface area contributed by atoms with Gasteiger partial charge in [0.05, 0.1) is 45.5 Å². The van der Waals surface area contributed by atoms with Crippen LogP contribution in [0.4, 0.5) is 68.2 Å². The van der Waals surface area contributed by atoms with Gasteiger partial charge in [-0.1, -0.05) is 327 Å². The first-order chi connectivity index (χ1) is 72.4. The van der Waals surface area contributed by atoms with E-state index in [9.17, 15) is 0 Å². The van der Waals surface area contributed by atoms with Gasteiger partial charge in [-0.3, -0.25) is 0 Å². The first-order valence-electron chi connectivity index (χ1n) is 51.3. The summed E-state index contributed by atoms with van der Waals surface area (Å²) in [6.45, 7) is 27.0. The Kier molecular flexibility index (Phi) is 20.8. The SMILES string of the molecule is Cc1cc(-c2cccc3c2oc2ccccc23)c(C)c(N(c2ccccc2)c2ccc3ccc4c(N(c5ccccc5)c5c(C)c(C)cc(-c6cccc7c6oc6ccccc67)c5C)ccc5ccc2c3c54)c1C.Cc1ccc(N(c2c(C)ccc(-c3cccc4c3oc3ccccc34)c2C)c2ccc3ccc4c(N(c5ccc(C)cc5)c5c(C)ccc(-c6cccc7c6oc6ccccc67)c5C)ccc5ccc2c3c54)cc1. The molecule has 8 heteroatoms. The van der Waals surface area contributed by atoms with Gasteiger partial charge in [0, 0.05) is 110 Å². The second-order valence-corrected chi connectivity index (χ2v) is 40.5. The number of hydrogen-bond donors (Lipinski definition) is 0. The third-order valence-electron chi connectivity index (χ3n) is 31.9. The highest BCUT2D eigenvalue weighted by atomic mass is 16.3. The first kappa shape index (κ1) is 88.7. The highest BCUT2D eigenvalue weighted by Crippen LogP contribution is 2.57. The predicted octanol–water partition coefficient (Wildman–Crippen LogP) is 41.0. The molecule has 0 unspecified atom stereocenters. The van der Waals surface area contributed by atoms with E-state index >= 15 is 0 Å². The van der Waals surface area contributed by atoms with Crippen LogP contribution in [0.15, 0.2) is 430 Å². The molecule has 0 amide bonds. The summed E-state index contributed by atoms with van der Waals surface area (Å²) in [5, 5.41) is 23.6. The molecule has 0 N–H and O–H groups in total. The molecule has 0 aliphatic heterocycles. The highest BCUT2D eigenvalue weighted by Gasteiger charge is 2.33. The van der Waals surface area contributed by atoms with Gasteiger partial charge in [-0.25, -0.2) is 0 Å². The van der Waals surface area contributed by atoms with E-state index in [4.69, 9.17) is 17.7 Å². The lowest BCUT2D eigenvalue weighted by atomic mass is 9.89. The Morgan fingerprint density at radius 1 is 0.155 bits per heavy atom. The number of hydrogen-bond acceptors (Lipinski definition) is 8. The molecule has 0 radical (unpaired) electrons. The van der Waals surface area contributed by atoms with Gasteiger partial charge in [0.1, 0.15) is 44.7 Å². The molecular weight excluding hydrogens is 1800 g/mol. The van der Waals surface area contributed by atoms with E-state index in [1.165, 1.54) is 143 Å². The summed E-state index contributed by atoms with van der Waals surface area (Å²) in [5.74, 6) is 0. The van der Waals surface area contributed by atoms with E-state index in [1.807, 2.05) is 24.3 Å². The van der Waals surface area contributed by atoms with Gasteiger partial charge < -0.3 is 37.3 Å². The van der Waals surface area contributed by atoms with Crippen molar-refractivity contribution < 1.29 is 17.7 Å². The maximum absolute atomic E-state index is 6.69. The smallest absolute Gasteiger partial charge is 0.143 e. The lowest BCUT2D eigenvalue weighted by Gasteiger charge is -2.33. The molecule has 0 bridgehead atoms. The van der Waals surface area contributed by atoms with Crippen LogP contribution in [0.25, 0.3) is 197 Å². The molecule has 0 fully saturated rings. The van der Waals surface area contributed by atoms with Crippen LogP contribution in [-0.2, 0) is 0 Å². The number of aryl methyl sites for hydroxylation is 6. The summed E-state index contributed by atoms with van der Waals surface area (Å²) >= 11 is 0. The number of anilines is 12. The number of furan rings is 4. The summed E-state index contributed by atoms with van der Waals surface area (Å²) in [5.41, 5.74) is 44.3. The van der Waals surface area contributed by atoms with Gasteiger partial charge in [-0.15, -0.1) is 0 Å². The number of rotatable bonds is 16. The summed E-state index contributed by atoms with van der Waals surface area (Å²) < 4.78 is 26.7. The number of benzene rings is 24. The molecule has 0 aliphatic rings. The van der Waals surface area contributed by atoms with Crippen molar-refractivity contribution in [2.75, 3.05) is 19.6 Å². The number of fused-ring (bicyclic) bond motifs is 12. The molecular formula is C140H104N4O4. The largest absolute Gasteiger partial charge is 0.455 e. The summed E-state index contributed by atoms with van der Waals surface area (Å²) in [7, 11) is 0. The highest BCUT2D eigenvalue weighted by molar-refractivity contribution is 6.31. The van der Waals surface area contributed by atoms with Crippen molar-refractivity contribution in [3.63, 3.8) is 0 Å². The van der Waals surface area contributed by atoms with E-state index in [0.717, 1.165) is 189 Å². The third kappa shape index (κ3) is 13.9. The van der Waals surface area contributed by atoms with Gasteiger partial charge in [-0.2, -0.15) is 0 Å². The Morgan fingerprint density at radius 2 is 0.399 bits per heavy atom. The average molecular weight is 1910 g/mol. The van der Waals surface area contributed by atoms with Crippen LogP contribution in [0.2, 0.25) is 0 Å². The lowest BCUT2D eigenvalue weighted by molar-refractivity contribution is 0.669. The molecule has 148 heavy (non-hydrogen) atoms. The Hall–Kier alpha value is -18.2. The molecule has 24 aromatic carbocycles. The molecule has 708 valence electrons. The minimum atomic E-state index is 0.899. The van der Waals surface area contributed by atoms with Crippen LogP contribution >= 0.6 is 0 Å². The molecule has 4 aromatic heterocycles. The Labute approximate surface area is 858 Å². The number of nitrogens with zero attached hydrogens (tertiary/aromatic N) is 4. The molecule has 0 spiro atoms. The van der Waals surface area contributed by atoms with Gasteiger partial charge in [0.25, 0.3) is 0 Å². The van der Waals surface area contributed by atoms with Crippen LogP contribution in [-0.4, -0.2) is 0 Å². The summed E-state index contributed by atoms with van der Waals surface area (Å²) in [4.78, 5) is 10.0. The summed E-state index contributed by atoms with van der Waals surface area (Å²) in [6, 6.07) is 150. The zero-order valence-corrected chi connectivity index (χ0v) is 84.7. The first-order valence-corrected chi connectivity index (χ1v) is 51.3. The molecule has 28 rings (SSSR count). The molecule has 0 saturated carbocycles. The van der Waals surface area contributed by atoms with E-state index < -0.39 is 0 Å². The van der Waals surface area contributed by atoms with E-state index in [0.29, 0.717) is 0 Å². The third-order valence-corrected chi connectivity index (χ3v) is 31.9.